The lowest BCUT2D eigenvalue weighted by atomic mass is 10.3. The van der Waals surface area contributed by atoms with E-state index in [1.54, 1.807) is 6.20 Å². The second-order valence-electron chi connectivity index (χ2n) is 4.18. The highest BCUT2D eigenvalue weighted by Crippen LogP contribution is 2.09. The van der Waals surface area contributed by atoms with Crippen LogP contribution in [-0.4, -0.2) is 51.3 Å². The molecule has 2 rings (SSSR count). The van der Waals surface area contributed by atoms with Crippen LogP contribution in [0.4, 0.5) is 4.79 Å². The van der Waals surface area contributed by atoms with E-state index < -0.39 is 0 Å². The van der Waals surface area contributed by atoms with Crippen LogP contribution in [0.3, 0.4) is 0 Å². The summed E-state index contributed by atoms with van der Waals surface area (Å²) in [6, 6.07) is 2.03. The van der Waals surface area contributed by atoms with E-state index in [2.05, 4.69) is 10.4 Å². The zero-order chi connectivity index (χ0) is 12.1. The Kier molecular flexibility index (Phi) is 4.30. The molecule has 0 spiro atoms. The second-order valence-corrected chi connectivity index (χ2v) is 5.40. The fourth-order valence-corrected chi connectivity index (χ4v) is 2.71. The van der Waals surface area contributed by atoms with Crippen molar-refractivity contribution in [3.8, 4) is 0 Å². The summed E-state index contributed by atoms with van der Waals surface area (Å²) in [5.74, 6) is 2.09. The second kappa shape index (κ2) is 5.95. The van der Waals surface area contributed by atoms with Crippen LogP contribution in [0.5, 0.6) is 0 Å². The van der Waals surface area contributed by atoms with Crippen LogP contribution in [0, 0.1) is 0 Å². The first-order chi connectivity index (χ1) is 8.25. The summed E-state index contributed by atoms with van der Waals surface area (Å²) in [4.78, 5) is 13.8. The van der Waals surface area contributed by atoms with Crippen LogP contribution < -0.4 is 5.32 Å². The molecule has 0 radical (unpaired) electrons. The molecule has 2 heterocycles. The molecule has 1 aromatic rings. The van der Waals surface area contributed by atoms with Crippen LogP contribution in [0.1, 0.15) is 6.92 Å². The number of nitrogens with one attached hydrogen (secondary N) is 1. The van der Waals surface area contributed by atoms with Crippen molar-refractivity contribution in [2.45, 2.75) is 19.5 Å². The molecular formula is C11H18N4OS. The van der Waals surface area contributed by atoms with Crippen molar-refractivity contribution in [3.05, 3.63) is 18.5 Å². The average molecular weight is 254 g/mol. The van der Waals surface area contributed by atoms with Gasteiger partial charge in [-0.05, 0) is 13.0 Å². The van der Waals surface area contributed by atoms with Crippen molar-refractivity contribution in [2.24, 2.45) is 0 Å². The Labute approximate surface area is 106 Å². The molecule has 1 aliphatic heterocycles. The van der Waals surface area contributed by atoms with Crippen LogP contribution in [0.25, 0.3) is 0 Å². The molecule has 94 valence electrons. The highest BCUT2D eigenvalue weighted by Gasteiger charge is 2.18. The molecule has 1 aromatic heterocycles. The summed E-state index contributed by atoms with van der Waals surface area (Å²) in [6.07, 6.45) is 3.65. The third-order valence-corrected chi connectivity index (χ3v) is 3.63. The van der Waals surface area contributed by atoms with Gasteiger partial charge in [-0.15, -0.1) is 0 Å². The number of carbonyl (C=O) groups excluding carboxylic acids is 1. The average Bonchev–Trinajstić information content (AvgIpc) is 2.82. The van der Waals surface area contributed by atoms with E-state index in [0.29, 0.717) is 6.54 Å². The fourth-order valence-electron chi connectivity index (χ4n) is 1.80. The third kappa shape index (κ3) is 3.66. The molecule has 1 unspecified atom stereocenters. The van der Waals surface area contributed by atoms with Gasteiger partial charge in [0.05, 0.1) is 6.54 Å². The van der Waals surface area contributed by atoms with Crippen molar-refractivity contribution in [3.63, 3.8) is 0 Å². The van der Waals surface area contributed by atoms with Crippen LogP contribution >= 0.6 is 11.8 Å². The summed E-state index contributed by atoms with van der Waals surface area (Å²) in [7, 11) is 0. The molecule has 6 heteroatoms. The van der Waals surface area contributed by atoms with Crippen molar-refractivity contribution >= 4 is 17.8 Å². The molecule has 1 N–H and O–H groups in total. The molecule has 0 saturated carbocycles. The summed E-state index contributed by atoms with van der Waals surface area (Å²) in [6.45, 7) is 4.41. The van der Waals surface area contributed by atoms with Crippen LogP contribution in [0.15, 0.2) is 18.5 Å². The highest BCUT2D eigenvalue weighted by molar-refractivity contribution is 7.99. The van der Waals surface area contributed by atoms with Crippen LogP contribution in [0.2, 0.25) is 0 Å². The standard InChI is InChI=1S/C11H18N4OS/c1-10(9-15-4-2-3-12-15)13-11(16)14-5-7-17-8-6-14/h2-4,10H,5-9H2,1H3,(H,13,16). The van der Waals surface area contributed by atoms with Gasteiger partial charge >= 0.3 is 6.03 Å². The molecule has 1 fully saturated rings. The number of rotatable bonds is 3. The minimum absolute atomic E-state index is 0.0463. The number of thioether (sulfide) groups is 1. The summed E-state index contributed by atoms with van der Waals surface area (Å²) >= 11 is 1.90. The smallest absolute Gasteiger partial charge is 0.317 e. The lowest BCUT2D eigenvalue weighted by Crippen LogP contribution is -2.48. The predicted octanol–water partition coefficient (Wildman–Crippen LogP) is 1.03. The predicted molar refractivity (Wildman–Crippen MR) is 69.1 cm³/mol. The Balaban J connectivity index is 1.77. The van der Waals surface area contributed by atoms with Gasteiger partial charge in [-0.2, -0.15) is 16.9 Å². The number of nitrogens with zero attached hydrogens (tertiary/aromatic N) is 3. The monoisotopic (exact) mass is 254 g/mol. The van der Waals surface area contributed by atoms with Gasteiger partial charge in [-0.1, -0.05) is 0 Å². The molecule has 1 aliphatic rings. The number of hydrogen-bond acceptors (Lipinski definition) is 3. The Morgan fingerprint density at radius 3 is 2.94 bits per heavy atom. The molecule has 0 aliphatic carbocycles. The normalized spacial score (nSPS) is 17.8. The van der Waals surface area contributed by atoms with E-state index in [9.17, 15) is 4.79 Å². The Bertz CT molecular complexity index is 348. The van der Waals surface area contributed by atoms with Crippen molar-refractivity contribution in [1.29, 1.82) is 0 Å². The van der Waals surface area contributed by atoms with Gasteiger partial charge in [0.1, 0.15) is 0 Å². The number of aromatic nitrogens is 2. The molecule has 17 heavy (non-hydrogen) atoms. The first-order valence-electron chi connectivity index (χ1n) is 5.86. The fraction of sp³-hybridized carbons (Fsp3) is 0.636. The van der Waals surface area contributed by atoms with E-state index in [-0.39, 0.29) is 12.1 Å². The van der Waals surface area contributed by atoms with E-state index >= 15 is 0 Å². The number of hydrogen-bond donors (Lipinski definition) is 1. The molecule has 5 nitrogen and oxygen atoms in total. The SMILES string of the molecule is CC(Cn1cccn1)NC(=O)N1CCSCC1. The van der Waals surface area contributed by atoms with Gasteiger partial charge < -0.3 is 10.2 Å². The van der Waals surface area contributed by atoms with Gasteiger partial charge in [0.2, 0.25) is 0 Å². The van der Waals surface area contributed by atoms with Gasteiger partial charge in [0, 0.05) is 43.0 Å². The summed E-state index contributed by atoms with van der Waals surface area (Å²) in [5.41, 5.74) is 0. The maximum Gasteiger partial charge on any atom is 0.317 e. The highest BCUT2D eigenvalue weighted by atomic mass is 32.2. The van der Waals surface area contributed by atoms with Crippen molar-refractivity contribution < 1.29 is 4.79 Å². The Morgan fingerprint density at radius 1 is 1.53 bits per heavy atom. The number of carbonyl (C=O) groups is 1. The molecular weight excluding hydrogens is 236 g/mol. The maximum absolute atomic E-state index is 11.9. The number of urea groups is 1. The minimum atomic E-state index is 0.0463. The van der Waals surface area contributed by atoms with Crippen LogP contribution in [-0.2, 0) is 6.54 Å². The zero-order valence-electron chi connectivity index (χ0n) is 10.0. The van der Waals surface area contributed by atoms with E-state index in [0.717, 1.165) is 24.6 Å². The van der Waals surface area contributed by atoms with E-state index in [1.165, 1.54) is 0 Å². The zero-order valence-corrected chi connectivity index (χ0v) is 10.8. The largest absolute Gasteiger partial charge is 0.334 e. The van der Waals surface area contributed by atoms with E-state index in [1.807, 2.05) is 40.5 Å². The quantitative estimate of drug-likeness (QED) is 0.876. The van der Waals surface area contributed by atoms with Gasteiger partial charge in [0.25, 0.3) is 0 Å². The molecule has 0 aromatic carbocycles. The Morgan fingerprint density at radius 2 is 2.29 bits per heavy atom. The molecule has 2 amide bonds. The molecule has 1 saturated heterocycles. The molecule has 1 atom stereocenters. The van der Waals surface area contributed by atoms with Gasteiger partial charge in [-0.3, -0.25) is 4.68 Å². The van der Waals surface area contributed by atoms with E-state index in [4.69, 9.17) is 0 Å². The van der Waals surface area contributed by atoms with Crippen molar-refractivity contribution in [2.75, 3.05) is 24.6 Å². The maximum atomic E-state index is 11.9. The topological polar surface area (TPSA) is 50.2 Å². The summed E-state index contributed by atoms with van der Waals surface area (Å²) < 4.78 is 1.83. The number of amides is 2. The minimum Gasteiger partial charge on any atom is -0.334 e. The first kappa shape index (κ1) is 12.3. The Hall–Kier alpha value is -1.17. The third-order valence-electron chi connectivity index (χ3n) is 2.69. The molecule has 0 bridgehead atoms. The van der Waals surface area contributed by atoms with Crippen molar-refractivity contribution in [1.82, 2.24) is 20.0 Å². The summed E-state index contributed by atoms with van der Waals surface area (Å²) in [5, 5.41) is 7.13. The van der Waals surface area contributed by atoms with Gasteiger partial charge in [-0.25, -0.2) is 4.79 Å². The first-order valence-corrected chi connectivity index (χ1v) is 7.02. The van der Waals surface area contributed by atoms with Gasteiger partial charge in [0.15, 0.2) is 0 Å². The lowest BCUT2D eigenvalue weighted by Gasteiger charge is -2.28. The lowest BCUT2D eigenvalue weighted by molar-refractivity contribution is 0.198.